The molecule has 0 fully saturated rings. The van der Waals surface area contributed by atoms with Gasteiger partial charge in [-0.3, -0.25) is 4.79 Å². The largest absolute Gasteiger partial charge is 0.497 e. The topological polar surface area (TPSA) is 59.9 Å². The molecule has 5 heteroatoms. The number of carbonyl (C=O) groups excluding carboxylic acids is 1. The van der Waals surface area contributed by atoms with Gasteiger partial charge in [0.2, 0.25) is 0 Å². The molecule has 3 aromatic carbocycles. The minimum absolute atomic E-state index is 0.136. The number of ether oxygens (including phenoxy) is 2. The summed E-state index contributed by atoms with van der Waals surface area (Å²) in [5, 5.41) is 6.10. The Morgan fingerprint density at radius 1 is 1.15 bits per heavy atom. The molecule has 0 bridgehead atoms. The Hall–Kier alpha value is -3.78. The van der Waals surface area contributed by atoms with Crippen LogP contribution < -0.4 is 14.9 Å². The molecule has 0 aliphatic rings. The highest BCUT2D eigenvalue weighted by Gasteiger charge is 2.07. The smallest absolute Gasteiger partial charge is 0.271 e. The summed E-state index contributed by atoms with van der Waals surface area (Å²) < 4.78 is 10.7. The third-order valence-electron chi connectivity index (χ3n) is 3.91. The van der Waals surface area contributed by atoms with Crippen LogP contribution in [0.15, 0.2) is 65.8 Å². The Labute approximate surface area is 157 Å². The maximum Gasteiger partial charge on any atom is 0.271 e. The standard InChI is InChI=1S/C22H18N2O3/c1-3-12-27-21-11-10-20(26-2)14-19(21)15-23-24-22(25)18-9-8-16-6-4-5-7-17(16)13-18/h1,4-11,13-15H,12H2,2H3,(H,24,25)/b23-15-. The van der Waals surface area contributed by atoms with Crippen molar-refractivity contribution in [3.8, 4) is 23.8 Å². The number of methoxy groups -OCH3 is 1. The lowest BCUT2D eigenvalue weighted by molar-refractivity contribution is 0.0955. The molecule has 0 saturated carbocycles. The van der Waals surface area contributed by atoms with Gasteiger partial charge in [-0.15, -0.1) is 6.42 Å². The molecule has 27 heavy (non-hydrogen) atoms. The van der Waals surface area contributed by atoms with Crippen molar-refractivity contribution in [3.63, 3.8) is 0 Å². The highest BCUT2D eigenvalue weighted by Crippen LogP contribution is 2.22. The number of carbonyl (C=O) groups is 1. The molecule has 1 amide bonds. The van der Waals surface area contributed by atoms with E-state index in [2.05, 4.69) is 16.4 Å². The zero-order chi connectivity index (χ0) is 19.1. The number of nitrogens with one attached hydrogen (secondary N) is 1. The summed E-state index contributed by atoms with van der Waals surface area (Å²) in [7, 11) is 1.57. The molecule has 3 aromatic rings. The van der Waals surface area contributed by atoms with Gasteiger partial charge in [0.25, 0.3) is 5.91 Å². The summed E-state index contributed by atoms with van der Waals surface area (Å²) in [6.45, 7) is 0.136. The molecule has 0 radical (unpaired) electrons. The zero-order valence-corrected chi connectivity index (χ0v) is 14.8. The van der Waals surface area contributed by atoms with E-state index >= 15 is 0 Å². The second-order valence-electron chi connectivity index (χ2n) is 5.66. The molecule has 0 saturated heterocycles. The number of amides is 1. The summed E-state index contributed by atoms with van der Waals surface area (Å²) in [6.07, 6.45) is 6.73. The molecule has 134 valence electrons. The van der Waals surface area contributed by atoms with Gasteiger partial charge in [0.1, 0.15) is 18.1 Å². The molecular formula is C22H18N2O3. The number of hydrogen-bond acceptors (Lipinski definition) is 4. The third kappa shape index (κ3) is 4.44. The molecule has 0 atom stereocenters. The highest BCUT2D eigenvalue weighted by atomic mass is 16.5. The number of benzene rings is 3. The van der Waals surface area contributed by atoms with Crippen molar-refractivity contribution in [3.05, 3.63) is 71.8 Å². The zero-order valence-electron chi connectivity index (χ0n) is 14.8. The number of hydrogen-bond donors (Lipinski definition) is 1. The van der Waals surface area contributed by atoms with E-state index in [1.54, 1.807) is 31.4 Å². The van der Waals surface area contributed by atoms with Crippen LogP contribution in [0.1, 0.15) is 15.9 Å². The Balaban J connectivity index is 1.75. The van der Waals surface area contributed by atoms with E-state index in [1.807, 2.05) is 36.4 Å². The van der Waals surface area contributed by atoms with Crippen LogP contribution in [0.4, 0.5) is 0 Å². The van der Waals surface area contributed by atoms with E-state index in [0.29, 0.717) is 22.6 Å². The Kier molecular flexibility index (Phi) is 5.70. The fraction of sp³-hybridized carbons (Fsp3) is 0.0909. The maximum atomic E-state index is 12.4. The van der Waals surface area contributed by atoms with Crippen molar-refractivity contribution in [1.29, 1.82) is 0 Å². The van der Waals surface area contributed by atoms with E-state index in [9.17, 15) is 4.79 Å². The quantitative estimate of drug-likeness (QED) is 0.416. The van der Waals surface area contributed by atoms with Gasteiger partial charge in [0.05, 0.1) is 13.3 Å². The molecule has 0 aliphatic heterocycles. The van der Waals surface area contributed by atoms with Crippen molar-refractivity contribution >= 4 is 22.9 Å². The van der Waals surface area contributed by atoms with E-state index in [4.69, 9.17) is 15.9 Å². The van der Waals surface area contributed by atoms with Gasteiger partial charge in [0, 0.05) is 11.1 Å². The van der Waals surface area contributed by atoms with E-state index in [-0.39, 0.29) is 12.5 Å². The molecule has 0 aliphatic carbocycles. The normalized spacial score (nSPS) is 10.5. The number of rotatable bonds is 6. The SMILES string of the molecule is C#CCOc1ccc(OC)cc1/C=N\NC(=O)c1ccc2ccccc2c1. The third-order valence-corrected chi connectivity index (χ3v) is 3.91. The van der Waals surface area contributed by atoms with Gasteiger partial charge >= 0.3 is 0 Å². The predicted molar refractivity (Wildman–Crippen MR) is 106 cm³/mol. The molecule has 0 spiro atoms. The minimum atomic E-state index is -0.300. The second-order valence-corrected chi connectivity index (χ2v) is 5.66. The first-order chi connectivity index (χ1) is 13.2. The summed E-state index contributed by atoms with van der Waals surface area (Å²) >= 11 is 0. The number of hydrazone groups is 1. The van der Waals surface area contributed by atoms with Crippen LogP contribution in [-0.2, 0) is 0 Å². The molecule has 0 aromatic heterocycles. The predicted octanol–water partition coefficient (Wildman–Crippen LogP) is 3.62. The molecule has 1 N–H and O–H groups in total. The first kappa shape index (κ1) is 18.0. The Bertz CT molecular complexity index is 1040. The summed E-state index contributed by atoms with van der Waals surface area (Å²) in [4.78, 5) is 12.4. The van der Waals surface area contributed by atoms with E-state index < -0.39 is 0 Å². The van der Waals surface area contributed by atoms with Crippen molar-refractivity contribution in [2.45, 2.75) is 0 Å². The monoisotopic (exact) mass is 358 g/mol. The van der Waals surface area contributed by atoms with Gasteiger partial charge in [-0.1, -0.05) is 36.3 Å². The summed E-state index contributed by atoms with van der Waals surface area (Å²) in [5.74, 6) is 3.31. The molecular weight excluding hydrogens is 340 g/mol. The average Bonchev–Trinajstić information content (AvgIpc) is 2.72. The van der Waals surface area contributed by atoms with Crippen molar-refractivity contribution < 1.29 is 14.3 Å². The average molecular weight is 358 g/mol. The van der Waals surface area contributed by atoms with Crippen LogP contribution in [0.5, 0.6) is 11.5 Å². The lowest BCUT2D eigenvalue weighted by Gasteiger charge is -2.08. The molecule has 0 unspecified atom stereocenters. The van der Waals surface area contributed by atoms with Crippen molar-refractivity contribution in [1.82, 2.24) is 5.43 Å². The second kappa shape index (κ2) is 8.54. The lowest BCUT2D eigenvalue weighted by atomic mass is 10.1. The van der Waals surface area contributed by atoms with Gasteiger partial charge in [-0.05, 0) is 41.1 Å². The van der Waals surface area contributed by atoms with Crippen LogP contribution in [0.3, 0.4) is 0 Å². The maximum absolute atomic E-state index is 12.4. The van der Waals surface area contributed by atoms with Gasteiger partial charge in [-0.25, -0.2) is 5.43 Å². The summed E-state index contributed by atoms with van der Waals surface area (Å²) in [5.41, 5.74) is 3.70. The van der Waals surface area contributed by atoms with E-state index in [0.717, 1.165) is 10.8 Å². The van der Waals surface area contributed by atoms with Gasteiger partial charge in [-0.2, -0.15) is 5.10 Å². The lowest BCUT2D eigenvalue weighted by Crippen LogP contribution is -2.17. The van der Waals surface area contributed by atoms with E-state index in [1.165, 1.54) is 6.21 Å². The fourth-order valence-corrected chi connectivity index (χ4v) is 2.56. The van der Waals surface area contributed by atoms with Crippen LogP contribution in [-0.4, -0.2) is 25.8 Å². The Morgan fingerprint density at radius 3 is 2.74 bits per heavy atom. The van der Waals surface area contributed by atoms with Crippen molar-refractivity contribution in [2.75, 3.05) is 13.7 Å². The minimum Gasteiger partial charge on any atom is -0.497 e. The molecule has 5 nitrogen and oxygen atoms in total. The summed E-state index contributed by atoms with van der Waals surface area (Å²) in [6, 6.07) is 18.6. The first-order valence-electron chi connectivity index (χ1n) is 8.28. The molecule has 3 rings (SSSR count). The first-order valence-corrected chi connectivity index (χ1v) is 8.28. The van der Waals surface area contributed by atoms with Crippen LogP contribution in [0.25, 0.3) is 10.8 Å². The molecule has 0 heterocycles. The Morgan fingerprint density at radius 2 is 1.96 bits per heavy atom. The van der Waals surface area contributed by atoms with Gasteiger partial charge < -0.3 is 9.47 Å². The fourth-order valence-electron chi connectivity index (χ4n) is 2.56. The number of nitrogens with zero attached hydrogens (tertiary/aromatic N) is 1. The number of fused-ring (bicyclic) bond motifs is 1. The van der Waals surface area contributed by atoms with Crippen LogP contribution in [0.2, 0.25) is 0 Å². The number of terminal acetylenes is 1. The van der Waals surface area contributed by atoms with Crippen LogP contribution >= 0.6 is 0 Å². The van der Waals surface area contributed by atoms with Crippen LogP contribution in [0, 0.1) is 12.3 Å². The van der Waals surface area contributed by atoms with Gasteiger partial charge in [0.15, 0.2) is 0 Å². The van der Waals surface area contributed by atoms with Crippen molar-refractivity contribution in [2.24, 2.45) is 5.10 Å². The highest BCUT2D eigenvalue weighted by molar-refractivity contribution is 5.99.